The Bertz CT molecular complexity index is 854. The Morgan fingerprint density at radius 3 is 2.90 bits per heavy atom. The molecule has 0 atom stereocenters. The number of aromatic nitrogens is 4. The lowest BCUT2D eigenvalue weighted by Crippen LogP contribution is -2.16. The van der Waals surface area contributed by atoms with Gasteiger partial charge >= 0.3 is 0 Å². The standard InChI is InChI=1S/C13H11BrClN5O/c1-6-10(14)11(19-18-6)12(21)17-13-16-8-5-7(15)3-4-9(8)20(13)2/h3-5H,1-2H3,(H,18,19)(H,16,17,21). The molecule has 0 saturated carbocycles. The van der Waals surface area contributed by atoms with Crippen LogP contribution in [0.3, 0.4) is 0 Å². The molecule has 108 valence electrons. The predicted octanol–water partition coefficient (Wildman–Crippen LogP) is 3.27. The number of nitrogens with one attached hydrogen (secondary N) is 2. The lowest BCUT2D eigenvalue weighted by Gasteiger charge is -2.03. The second-order valence-corrected chi connectivity index (χ2v) is 5.82. The van der Waals surface area contributed by atoms with Crippen LogP contribution in [-0.2, 0) is 7.05 Å². The topological polar surface area (TPSA) is 75.6 Å². The number of halogens is 2. The summed E-state index contributed by atoms with van der Waals surface area (Å²) in [5.41, 5.74) is 2.68. The van der Waals surface area contributed by atoms with Gasteiger partial charge in [-0.05, 0) is 41.1 Å². The van der Waals surface area contributed by atoms with Crippen LogP contribution in [0.1, 0.15) is 16.2 Å². The molecule has 0 aliphatic rings. The second-order valence-electron chi connectivity index (χ2n) is 4.59. The number of imidazole rings is 1. The van der Waals surface area contributed by atoms with Crippen molar-refractivity contribution in [3.63, 3.8) is 0 Å². The minimum atomic E-state index is -0.337. The molecule has 0 unspecified atom stereocenters. The number of H-pyrrole nitrogens is 1. The van der Waals surface area contributed by atoms with Gasteiger partial charge in [-0.1, -0.05) is 11.6 Å². The van der Waals surface area contributed by atoms with Crippen molar-refractivity contribution >= 4 is 50.4 Å². The molecule has 2 N–H and O–H groups in total. The van der Waals surface area contributed by atoms with Crippen molar-refractivity contribution < 1.29 is 4.79 Å². The van der Waals surface area contributed by atoms with Crippen molar-refractivity contribution in [1.82, 2.24) is 19.7 Å². The maximum Gasteiger partial charge on any atom is 0.279 e. The Morgan fingerprint density at radius 1 is 1.48 bits per heavy atom. The predicted molar refractivity (Wildman–Crippen MR) is 84.7 cm³/mol. The number of amides is 1. The monoisotopic (exact) mass is 367 g/mol. The van der Waals surface area contributed by atoms with Crippen LogP contribution in [0.4, 0.5) is 5.95 Å². The molecule has 0 bridgehead atoms. The van der Waals surface area contributed by atoms with Crippen LogP contribution in [0.25, 0.3) is 11.0 Å². The van der Waals surface area contributed by atoms with E-state index in [1.54, 1.807) is 16.7 Å². The molecule has 6 nitrogen and oxygen atoms in total. The zero-order valence-corrected chi connectivity index (χ0v) is 13.6. The third-order valence-corrected chi connectivity index (χ3v) is 4.36. The van der Waals surface area contributed by atoms with Crippen LogP contribution in [-0.4, -0.2) is 25.7 Å². The van der Waals surface area contributed by atoms with E-state index in [-0.39, 0.29) is 11.6 Å². The molecular weight excluding hydrogens is 358 g/mol. The molecule has 0 saturated heterocycles. The molecule has 0 spiro atoms. The zero-order chi connectivity index (χ0) is 15.1. The van der Waals surface area contributed by atoms with E-state index in [1.807, 2.05) is 20.0 Å². The Balaban J connectivity index is 1.96. The summed E-state index contributed by atoms with van der Waals surface area (Å²) < 4.78 is 2.43. The van der Waals surface area contributed by atoms with Gasteiger partial charge in [0.2, 0.25) is 5.95 Å². The molecule has 3 rings (SSSR count). The highest BCUT2D eigenvalue weighted by Crippen LogP contribution is 2.23. The largest absolute Gasteiger partial charge is 0.313 e. The van der Waals surface area contributed by atoms with E-state index < -0.39 is 0 Å². The lowest BCUT2D eigenvalue weighted by atomic mass is 10.3. The average molecular weight is 369 g/mol. The van der Waals surface area contributed by atoms with Gasteiger partial charge in [-0.3, -0.25) is 15.2 Å². The number of aromatic amines is 1. The Kier molecular flexibility index (Phi) is 3.46. The number of carbonyl (C=O) groups excluding carboxylic acids is 1. The van der Waals surface area contributed by atoms with Crippen molar-refractivity contribution in [3.05, 3.63) is 39.1 Å². The van der Waals surface area contributed by atoms with Crippen LogP contribution in [0, 0.1) is 6.92 Å². The van der Waals surface area contributed by atoms with Crippen molar-refractivity contribution in [3.8, 4) is 0 Å². The van der Waals surface area contributed by atoms with Gasteiger partial charge in [-0.25, -0.2) is 4.98 Å². The fraction of sp³-hybridized carbons (Fsp3) is 0.154. The number of carbonyl (C=O) groups is 1. The number of aryl methyl sites for hydroxylation is 2. The summed E-state index contributed by atoms with van der Waals surface area (Å²) in [6, 6.07) is 5.39. The first-order valence-electron chi connectivity index (χ1n) is 6.11. The van der Waals surface area contributed by atoms with Crippen LogP contribution < -0.4 is 5.32 Å². The van der Waals surface area contributed by atoms with Crippen molar-refractivity contribution in [2.45, 2.75) is 6.92 Å². The zero-order valence-electron chi connectivity index (χ0n) is 11.2. The summed E-state index contributed by atoms with van der Waals surface area (Å²) in [5.74, 6) is 0.0977. The van der Waals surface area contributed by atoms with Crippen LogP contribution in [0.15, 0.2) is 22.7 Å². The third-order valence-electron chi connectivity index (χ3n) is 3.16. The molecule has 3 aromatic rings. The fourth-order valence-electron chi connectivity index (χ4n) is 2.01. The molecule has 1 aromatic carbocycles. The van der Waals surface area contributed by atoms with Gasteiger partial charge in [0.25, 0.3) is 5.91 Å². The first-order chi connectivity index (χ1) is 9.97. The van der Waals surface area contributed by atoms with Crippen LogP contribution >= 0.6 is 27.5 Å². The van der Waals surface area contributed by atoms with E-state index in [1.165, 1.54) is 0 Å². The van der Waals surface area contributed by atoms with Gasteiger partial charge in [0.05, 0.1) is 15.5 Å². The van der Waals surface area contributed by atoms with E-state index in [9.17, 15) is 4.79 Å². The summed E-state index contributed by atoms with van der Waals surface area (Å²) in [4.78, 5) is 16.6. The molecular formula is C13H11BrClN5O. The van der Waals surface area contributed by atoms with E-state index in [0.717, 1.165) is 16.7 Å². The molecule has 2 aromatic heterocycles. The van der Waals surface area contributed by atoms with Crippen molar-refractivity contribution in [1.29, 1.82) is 0 Å². The minimum absolute atomic E-state index is 0.289. The highest BCUT2D eigenvalue weighted by Gasteiger charge is 2.18. The fourth-order valence-corrected chi connectivity index (χ4v) is 2.54. The highest BCUT2D eigenvalue weighted by molar-refractivity contribution is 9.10. The SMILES string of the molecule is Cc1[nH]nc(C(=O)Nc2nc3cc(Cl)ccc3n2C)c1Br. The molecule has 8 heteroatoms. The minimum Gasteiger partial charge on any atom is -0.313 e. The maximum absolute atomic E-state index is 12.2. The van der Waals surface area contributed by atoms with Crippen molar-refractivity contribution in [2.75, 3.05) is 5.32 Å². The van der Waals surface area contributed by atoms with Gasteiger partial charge in [0, 0.05) is 17.8 Å². The summed E-state index contributed by atoms with van der Waals surface area (Å²) in [6.07, 6.45) is 0. The number of benzene rings is 1. The Labute approximate surface area is 133 Å². The quantitative estimate of drug-likeness (QED) is 0.729. The summed E-state index contributed by atoms with van der Waals surface area (Å²) in [5, 5.41) is 10.1. The van der Waals surface area contributed by atoms with Gasteiger partial charge in [0.15, 0.2) is 5.69 Å². The number of nitrogens with zero attached hydrogens (tertiary/aromatic N) is 3. The molecule has 0 fully saturated rings. The molecule has 1 amide bonds. The van der Waals surface area contributed by atoms with E-state index >= 15 is 0 Å². The molecule has 2 heterocycles. The van der Waals surface area contributed by atoms with Crippen molar-refractivity contribution in [2.24, 2.45) is 7.05 Å². The van der Waals surface area contributed by atoms with Gasteiger partial charge in [-0.2, -0.15) is 5.10 Å². The molecule has 21 heavy (non-hydrogen) atoms. The smallest absolute Gasteiger partial charge is 0.279 e. The van der Waals surface area contributed by atoms with Gasteiger partial charge in [-0.15, -0.1) is 0 Å². The third kappa shape index (κ3) is 2.43. The number of hydrogen-bond acceptors (Lipinski definition) is 3. The number of fused-ring (bicyclic) bond motifs is 1. The van der Waals surface area contributed by atoms with Gasteiger partial charge in [0.1, 0.15) is 0 Å². The first-order valence-corrected chi connectivity index (χ1v) is 7.28. The van der Waals surface area contributed by atoms with Gasteiger partial charge < -0.3 is 4.57 Å². The first kappa shape index (κ1) is 14.1. The number of anilines is 1. The van der Waals surface area contributed by atoms with E-state index in [2.05, 4.69) is 36.4 Å². The van der Waals surface area contributed by atoms with Crippen LogP contribution in [0.5, 0.6) is 0 Å². The molecule has 0 aliphatic carbocycles. The van der Waals surface area contributed by atoms with E-state index in [0.29, 0.717) is 15.4 Å². The molecule has 0 aliphatic heterocycles. The highest BCUT2D eigenvalue weighted by atomic mass is 79.9. The summed E-state index contributed by atoms with van der Waals surface area (Å²) >= 11 is 9.28. The average Bonchev–Trinajstić information content (AvgIpc) is 2.92. The van der Waals surface area contributed by atoms with E-state index in [4.69, 9.17) is 11.6 Å². The summed E-state index contributed by atoms with van der Waals surface area (Å²) in [6.45, 7) is 1.82. The maximum atomic E-state index is 12.2. The number of hydrogen-bond donors (Lipinski definition) is 2. The Morgan fingerprint density at radius 2 is 2.24 bits per heavy atom. The lowest BCUT2D eigenvalue weighted by molar-refractivity contribution is 0.102. The molecule has 0 radical (unpaired) electrons. The second kappa shape index (κ2) is 5.16. The summed E-state index contributed by atoms with van der Waals surface area (Å²) in [7, 11) is 1.82. The Hall–Kier alpha value is -1.86. The van der Waals surface area contributed by atoms with Crippen LogP contribution in [0.2, 0.25) is 5.02 Å². The normalized spacial score (nSPS) is 11.0. The number of rotatable bonds is 2.